The van der Waals surface area contributed by atoms with Crippen LogP contribution in [0.1, 0.15) is 74.0 Å². The van der Waals surface area contributed by atoms with Crippen molar-refractivity contribution < 1.29 is 0 Å². The molecule has 0 bridgehead atoms. The van der Waals surface area contributed by atoms with Crippen LogP contribution in [0.4, 0.5) is 0 Å². The van der Waals surface area contributed by atoms with Crippen molar-refractivity contribution in [1.29, 1.82) is 0 Å². The number of hydrogen-bond donors (Lipinski definition) is 4. The van der Waals surface area contributed by atoms with Crippen molar-refractivity contribution in [2.75, 3.05) is 13.1 Å². The quantitative estimate of drug-likeness (QED) is 0.219. The Morgan fingerprint density at radius 1 is 0.846 bits per heavy atom. The number of aromatic nitrogens is 4. The van der Waals surface area contributed by atoms with E-state index in [1.807, 2.05) is 6.20 Å². The lowest BCUT2D eigenvalue weighted by Crippen LogP contribution is -2.14. The van der Waals surface area contributed by atoms with Crippen LogP contribution < -0.4 is 10.6 Å². The summed E-state index contributed by atoms with van der Waals surface area (Å²) in [5, 5.41) is 10.1. The number of fused-ring (bicyclic) bond motifs is 1. The zero-order valence-corrected chi connectivity index (χ0v) is 23.2. The van der Waals surface area contributed by atoms with Crippen LogP contribution in [0.2, 0.25) is 5.15 Å². The van der Waals surface area contributed by atoms with Crippen LogP contribution in [0.25, 0.3) is 27.6 Å². The first-order chi connectivity index (χ1) is 19.0. The smallest absolute Gasteiger partial charge is 0.134 e. The Bertz CT molecular complexity index is 1580. The van der Waals surface area contributed by atoms with Gasteiger partial charge >= 0.3 is 0 Å². The molecular weight excluding hydrogens is 504 g/mol. The Balaban J connectivity index is 1.07. The second-order valence-electron chi connectivity index (χ2n) is 11.7. The fourth-order valence-corrected chi connectivity index (χ4v) is 6.57. The van der Waals surface area contributed by atoms with Gasteiger partial charge in [-0.25, -0.2) is 9.97 Å². The average molecular weight is 539 g/mol. The number of aromatic amines is 2. The number of benzene rings is 2. The lowest BCUT2D eigenvalue weighted by molar-refractivity contribution is 0.586. The van der Waals surface area contributed by atoms with Gasteiger partial charge in [0, 0.05) is 23.4 Å². The lowest BCUT2D eigenvalue weighted by Gasteiger charge is -2.16. The largest absolute Gasteiger partial charge is 0.344 e. The molecule has 2 fully saturated rings. The SMILES string of the molecule is C[C@@H]1CN[C@H](c2ncc(C3C=CC(c4ccc5cc(-c6nc([C@@H]7C[C@H](C)CN7)[nH]c6Cl)ccc5c4)=CC3)[nH]2)C1. The maximum Gasteiger partial charge on any atom is 0.134 e. The van der Waals surface area contributed by atoms with Gasteiger partial charge in [0.25, 0.3) is 0 Å². The summed E-state index contributed by atoms with van der Waals surface area (Å²) in [5.74, 6) is 3.70. The van der Waals surface area contributed by atoms with Crippen molar-refractivity contribution in [2.24, 2.45) is 11.8 Å². The number of hydrogen-bond acceptors (Lipinski definition) is 4. The molecule has 2 aromatic carbocycles. The molecule has 4 aromatic rings. The molecule has 7 heteroatoms. The van der Waals surface area contributed by atoms with Gasteiger partial charge in [0.15, 0.2) is 0 Å². The lowest BCUT2D eigenvalue weighted by atomic mass is 9.90. The maximum absolute atomic E-state index is 6.60. The third-order valence-corrected chi connectivity index (χ3v) is 8.87. The minimum absolute atomic E-state index is 0.245. The van der Waals surface area contributed by atoms with E-state index in [0.717, 1.165) is 55.3 Å². The molecule has 0 amide bonds. The van der Waals surface area contributed by atoms with Crippen molar-refractivity contribution in [3.8, 4) is 11.3 Å². The first kappa shape index (κ1) is 24.8. The number of imidazole rings is 2. The molecule has 2 aromatic heterocycles. The van der Waals surface area contributed by atoms with Gasteiger partial charge in [-0.15, -0.1) is 0 Å². The van der Waals surface area contributed by atoms with Crippen LogP contribution in [0, 0.1) is 11.8 Å². The number of allylic oxidation sites excluding steroid dienone is 4. The van der Waals surface area contributed by atoms with Gasteiger partial charge in [-0.2, -0.15) is 0 Å². The van der Waals surface area contributed by atoms with Crippen LogP contribution >= 0.6 is 11.6 Å². The van der Waals surface area contributed by atoms with E-state index in [1.165, 1.54) is 27.6 Å². The highest BCUT2D eigenvalue weighted by atomic mass is 35.5. The highest BCUT2D eigenvalue weighted by molar-refractivity contribution is 6.32. The topological polar surface area (TPSA) is 81.4 Å². The third kappa shape index (κ3) is 4.86. The summed E-state index contributed by atoms with van der Waals surface area (Å²) in [6.07, 6.45) is 12.1. The van der Waals surface area contributed by atoms with Crippen molar-refractivity contribution >= 4 is 27.9 Å². The molecule has 5 atom stereocenters. The van der Waals surface area contributed by atoms with Crippen molar-refractivity contribution in [3.63, 3.8) is 0 Å². The summed E-state index contributed by atoms with van der Waals surface area (Å²) in [4.78, 5) is 16.5. The zero-order valence-electron chi connectivity index (χ0n) is 22.5. The minimum Gasteiger partial charge on any atom is -0.344 e. The minimum atomic E-state index is 0.245. The van der Waals surface area contributed by atoms with Crippen LogP contribution in [0.15, 0.2) is 60.8 Å². The van der Waals surface area contributed by atoms with Crippen molar-refractivity contribution in [2.45, 2.75) is 51.1 Å². The molecule has 1 unspecified atom stereocenters. The molecule has 2 aliphatic heterocycles. The van der Waals surface area contributed by atoms with Gasteiger partial charge in [0.05, 0.1) is 12.1 Å². The Kier molecular flexibility index (Phi) is 6.42. The van der Waals surface area contributed by atoms with E-state index < -0.39 is 0 Å². The van der Waals surface area contributed by atoms with E-state index in [1.54, 1.807) is 0 Å². The summed E-state index contributed by atoms with van der Waals surface area (Å²) in [5.41, 5.74) is 5.56. The average Bonchev–Trinajstić information content (AvgIpc) is 3.76. The van der Waals surface area contributed by atoms with E-state index in [4.69, 9.17) is 16.6 Å². The van der Waals surface area contributed by atoms with Gasteiger partial charge in [-0.05, 0) is 78.2 Å². The normalized spacial score (nSPS) is 26.9. The predicted octanol–water partition coefficient (Wildman–Crippen LogP) is 7.07. The molecule has 39 heavy (non-hydrogen) atoms. The van der Waals surface area contributed by atoms with Crippen LogP contribution in [0.3, 0.4) is 0 Å². The Morgan fingerprint density at radius 2 is 1.54 bits per heavy atom. The predicted molar refractivity (Wildman–Crippen MR) is 159 cm³/mol. The summed E-state index contributed by atoms with van der Waals surface area (Å²) in [6.45, 7) is 6.64. The number of halogens is 1. The van der Waals surface area contributed by atoms with Crippen molar-refractivity contribution in [1.82, 2.24) is 30.6 Å². The summed E-state index contributed by atoms with van der Waals surface area (Å²) >= 11 is 6.60. The summed E-state index contributed by atoms with van der Waals surface area (Å²) < 4.78 is 0. The number of nitrogens with one attached hydrogen (secondary N) is 4. The molecule has 0 saturated carbocycles. The molecule has 7 rings (SSSR count). The maximum atomic E-state index is 6.60. The molecule has 6 nitrogen and oxygen atoms in total. The molecular formula is C32H35ClN6. The molecule has 4 heterocycles. The van der Waals surface area contributed by atoms with Crippen molar-refractivity contribution in [3.05, 3.63) is 88.9 Å². The van der Waals surface area contributed by atoms with E-state index in [0.29, 0.717) is 28.9 Å². The zero-order chi connectivity index (χ0) is 26.5. The van der Waals surface area contributed by atoms with E-state index in [9.17, 15) is 0 Å². The number of nitrogens with zero attached hydrogens (tertiary/aromatic N) is 2. The fourth-order valence-electron chi connectivity index (χ4n) is 6.32. The molecule has 4 N–H and O–H groups in total. The fraction of sp³-hybridized carbons (Fsp3) is 0.375. The number of H-pyrrole nitrogens is 2. The molecule has 3 aliphatic rings. The van der Waals surface area contributed by atoms with Gasteiger partial charge in [-0.3, -0.25) is 0 Å². The Morgan fingerprint density at radius 3 is 2.21 bits per heavy atom. The molecule has 0 radical (unpaired) electrons. The second kappa shape index (κ2) is 10.1. The third-order valence-electron chi connectivity index (χ3n) is 8.60. The first-order valence-electron chi connectivity index (χ1n) is 14.2. The van der Waals surface area contributed by atoms with Gasteiger partial charge < -0.3 is 20.6 Å². The highest BCUT2D eigenvalue weighted by Gasteiger charge is 2.27. The number of rotatable bonds is 5. The van der Waals surface area contributed by atoms with Gasteiger partial charge in [-0.1, -0.05) is 67.9 Å². The van der Waals surface area contributed by atoms with E-state index in [2.05, 4.69) is 94.1 Å². The van der Waals surface area contributed by atoms with Gasteiger partial charge in [0.1, 0.15) is 22.5 Å². The highest BCUT2D eigenvalue weighted by Crippen LogP contribution is 2.35. The molecule has 1 aliphatic carbocycles. The van der Waals surface area contributed by atoms with E-state index in [-0.39, 0.29) is 6.04 Å². The standard InChI is InChI=1S/C32H35ClN6/c1-18-11-26(34-15-18)31-36-17-28(37-31)21-5-3-20(4-6-21)22-7-8-24-14-25(10-9-23(24)13-22)29-30(33)39-32(38-29)27-12-19(2)16-35-27/h3-5,7-10,13-14,17-19,21,26-27,34-35H,6,11-12,15-16H2,1-2H3,(H,36,37)(H,38,39)/t18-,19-,21?,26-,27-/m0/s1. The first-order valence-corrected chi connectivity index (χ1v) is 14.6. The Labute approximate surface area is 234 Å². The molecule has 200 valence electrons. The van der Waals surface area contributed by atoms with Gasteiger partial charge in [0.2, 0.25) is 0 Å². The van der Waals surface area contributed by atoms with Crippen LogP contribution in [0.5, 0.6) is 0 Å². The summed E-state index contributed by atoms with van der Waals surface area (Å²) in [6, 6.07) is 13.8. The van der Waals surface area contributed by atoms with Crippen LogP contribution in [-0.4, -0.2) is 33.0 Å². The van der Waals surface area contributed by atoms with E-state index >= 15 is 0 Å². The molecule has 0 spiro atoms. The van der Waals surface area contributed by atoms with Crippen LogP contribution in [-0.2, 0) is 0 Å². The summed E-state index contributed by atoms with van der Waals surface area (Å²) in [7, 11) is 0. The Hall–Kier alpha value is -3.19. The second-order valence-corrected chi connectivity index (χ2v) is 12.1. The monoisotopic (exact) mass is 538 g/mol. The molecule has 2 saturated heterocycles.